The molecule has 1 amide bonds. The van der Waals surface area contributed by atoms with Crippen molar-refractivity contribution < 1.29 is 14.0 Å². The lowest BCUT2D eigenvalue weighted by atomic mass is 9.78. The summed E-state index contributed by atoms with van der Waals surface area (Å²) in [6.07, 6.45) is 3.35. The van der Waals surface area contributed by atoms with Gasteiger partial charge >= 0.3 is 0 Å². The van der Waals surface area contributed by atoms with Crippen molar-refractivity contribution in [3.63, 3.8) is 0 Å². The van der Waals surface area contributed by atoms with Crippen LogP contribution in [0, 0.1) is 24.6 Å². The van der Waals surface area contributed by atoms with Gasteiger partial charge in [0.1, 0.15) is 12.4 Å². The van der Waals surface area contributed by atoms with Crippen LogP contribution in [0.4, 0.5) is 4.39 Å². The van der Waals surface area contributed by atoms with Crippen LogP contribution >= 0.6 is 0 Å². The molecule has 1 aromatic carbocycles. The molecule has 3 atom stereocenters. The van der Waals surface area contributed by atoms with Crippen molar-refractivity contribution in [2.75, 3.05) is 0 Å². The molecular formula is C23H29FN2O2. The summed E-state index contributed by atoms with van der Waals surface area (Å²) in [5.41, 5.74) is 2.88. The molecule has 28 heavy (non-hydrogen) atoms. The molecule has 3 rings (SSSR count). The minimum absolute atomic E-state index is 0.0465. The molecule has 0 spiro atoms. The number of hydrogen-bond acceptors (Lipinski definition) is 2. The lowest BCUT2D eigenvalue weighted by molar-refractivity contribution is -0.123. The summed E-state index contributed by atoms with van der Waals surface area (Å²) < 4.78 is 15.2. The molecule has 0 radical (unpaired) electrons. The van der Waals surface area contributed by atoms with Crippen molar-refractivity contribution in [1.29, 1.82) is 0 Å². The second-order valence-corrected chi connectivity index (χ2v) is 8.12. The summed E-state index contributed by atoms with van der Waals surface area (Å²) in [5, 5.41) is 3.20. The number of ketones is 1. The average molecular weight is 384 g/mol. The fourth-order valence-corrected chi connectivity index (χ4v) is 4.25. The van der Waals surface area contributed by atoms with Crippen LogP contribution in [0.25, 0.3) is 11.3 Å². The van der Waals surface area contributed by atoms with Crippen molar-refractivity contribution in [3.05, 3.63) is 47.4 Å². The van der Waals surface area contributed by atoms with E-state index in [4.69, 9.17) is 0 Å². The summed E-state index contributed by atoms with van der Waals surface area (Å²) in [6.45, 7) is 7.95. The largest absolute Gasteiger partial charge is 0.352 e. The second kappa shape index (κ2) is 8.29. The molecule has 1 heterocycles. The minimum Gasteiger partial charge on any atom is -0.352 e. The third-order valence-corrected chi connectivity index (χ3v) is 6.24. The Morgan fingerprint density at radius 3 is 2.50 bits per heavy atom. The first-order chi connectivity index (χ1) is 13.3. The zero-order valence-electron chi connectivity index (χ0n) is 17.1. The zero-order valence-corrected chi connectivity index (χ0v) is 17.1. The Kier molecular flexibility index (Phi) is 6.01. The van der Waals surface area contributed by atoms with Crippen LogP contribution in [0.3, 0.4) is 0 Å². The zero-order chi connectivity index (χ0) is 20.4. The number of carbonyl (C=O) groups excluding carboxylic acids is 2. The van der Waals surface area contributed by atoms with Crippen LogP contribution in [0.1, 0.15) is 56.1 Å². The number of carbonyl (C=O) groups is 2. The number of nitrogens with zero attached hydrogens (tertiary/aromatic N) is 1. The number of Topliss-reactive ketones (excluding diaryl/α,β-unsaturated/α-hetero) is 1. The smallest absolute Gasteiger partial charge is 0.240 e. The highest BCUT2D eigenvalue weighted by atomic mass is 19.1. The molecule has 1 fully saturated rings. The number of nitrogens with one attached hydrogen (secondary N) is 1. The molecule has 1 aliphatic carbocycles. The molecule has 1 N–H and O–H groups in total. The molecule has 1 aliphatic rings. The fraction of sp³-hybridized carbons (Fsp3) is 0.478. The molecule has 1 saturated carbocycles. The Morgan fingerprint density at radius 2 is 1.86 bits per heavy atom. The van der Waals surface area contributed by atoms with Gasteiger partial charge in [-0.2, -0.15) is 0 Å². The van der Waals surface area contributed by atoms with E-state index >= 15 is 0 Å². The van der Waals surface area contributed by atoms with Crippen molar-refractivity contribution in [2.45, 2.75) is 59.5 Å². The van der Waals surface area contributed by atoms with Gasteiger partial charge in [-0.25, -0.2) is 4.39 Å². The van der Waals surface area contributed by atoms with Gasteiger partial charge in [0.05, 0.1) is 0 Å². The number of halogens is 1. The van der Waals surface area contributed by atoms with E-state index in [1.54, 1.807) is 18.2 Å². The van der Waals surface area contributed by atoms with E-state index in [0.717, 1.165) is 29.8 Å². The van der Waals surface area contributed by atoms with E-state index in [2.05, 4.69) is 19.2 Å². The van der Waals surface area contributed by atoms with Crippen LogP contribution in [-0.2, 0) is 11.3 Å². The van der Waals surface area contributed by atoms with Gasteiger partial charge in [0.15, 0.2) is 5.78 Å². The van der Waals surface area contributed by atoms with E-state index in [-0.39, 0.29) is 30.1 Å². The molecule has 0 aliphatic heterocycles. The Balaban J connectivity index is 1.86. The maximum atomic E-state index is 13.3. The standard InChI is InChI=1S/C23H29FN2O2/c1-14-6-5-7-21(15(14)2)25-23(28)13-26-16(3)20(17(4)27)12-22(26)18-8-10-19(24)11-9-18/h8-12,14-15,21H,5-7,13H2,1-4H3,(H,25,28)/t14-,15-,21-/m1/s1. The summed E-state index contributed by atoms with van der Waals surface area (Å²) in [5.74, 6) is 0.639. The highest BCUT2D eigenvalue weighted by Gasteiger charge is 2.28. The summed E-state index contributed by atoms with van der Waals surface area (Å²) in [7, 11) is 0. The van der Waals surface area contributed by atoms with Crippen LogP contribution in [0.15, 0.2) is 30.3 Å². The van der Waals surface area contributed by atoms with E-state index in [1.165, 1.54) is 25.5 Å². The highest BCUT2D eigenvalue weighted by molar-refractivity contribution is 5.97. The fourth-order valence-electron chi connectivity index (χ4n) is 4.25. The average Bonchev–Trinajstić information content (AvgIpc) is 2.96. The number of amides is 1. The van der Waals surface area contributed by atoms with Crippen LogP contribution in [0.5, 0.6) is 0 Å². The Labute approximate surface area is 166 Å². The number of hydrogen-bond donors (Lipinski definition) is 1. The second-order valence-electron chi connectivity index (χ2n) is 8.12. The van der Waals surface area contributed by atoms with Crippen molar-refractivity contribution >= 4 is 11.7 Å². The monoisotopic (exact) mass is 384 g/mol. The predicted molar refractivity (Wildman–Crippen MR) is 109 cm³/mol. The highest BCUT2D eigenvalue weighted by Crippen LogP contribution is 2.30. The van der Waals surface area contributed by atoms with E-state index in [9.17, 15) is 14.0 Å². The first-order valence-corrected chi connectivity index (χ1v) is 10.0. The Bertz CT molecular complexity index is 869. The topological polar surface area (TPSA) is 51.1 Å². The van der Waals surface area contributed by atoms with Gasteiger partial charge in [0.25, 0.3) is 0 Å². The normalized spacial score (nSPS) is 22.1. The van der Waals surface area contributed by atoms with Gasteiger partial charge in [-0.3, -0.25) is 9.59 Å². The Morgan fingerprint density at radius 1 is 1.18 bits per heavy atom. The third-order valence-electron chi connectivity index (χ3n) is 6.24. The molecular weight excluding hydrogens is 355 g/mol. The van der Waals surface area contributed by atoms with Crippen LogP contribution < -0.4 is 5.32 Å². The molecule has 0 saturated heterocycles. The number of rotatable bonds is 5. The van der Waals surface area contributed by atoms with Gasteiger partial charge in [-0.1, -0.05) is 26.7 Å². The van der Waals surface area contributed by atoms with Crippen molar-refractivity contribution in [1.82, 2.24) is 9.88 Å². The maximum Gasteiger partial charge on any atom is 0.240 e. The quantitative estimate of drug-likeness (QED) is 0.757. The first-order valence-electron chi connectivity index (χ1n) is 10.0. The molecule has 0 bridgehead atoms. The van der Waals surface area contributed by atoms with Crippen molar-refractivity contribution in [2.24, 2.45) is 11.8 Å². The summed E-state index contributed by atoms with van der Waals surface area (Å²) >= 11 is 0. The van der Waals surface area contributed by atoms with Gasteiger partial charge in [-0.15, -0.1) is 0 Å². The molecule has 1 aromatic heterocycles. The first kappa shape index (κ1) is 20.3. The van der Waals surface area contributed by atoms with Gasteiger partial charge < -0.3 is 9.88 Å². The summed E-state index contributed by atoms with van der Waals surface area (Å²) in [6, 6.07) is 8.11. The molecule has 150 valence electrons. The van der Waals surface area contributed by atoms with E-state index in [0.29, 0.717) is 17.4 Å². The van der Waals surface area contributed by atoms with Crippen LogP contribution in [-0.4, -0.2) is 22.3 Å². The summed E-state index contributed by atoms with van der Waals surface area (Å²) in [4.78, 5) is 24.9. The van der Waals surface area contributed by atoms with Gasteiger partial charge in [0.2, 0.25) is 5.91 Å². The lowest BCUT2D eigenvalue weighted by Crippen LogP contribution is -2.44. The molecule has 5 heteroatoms. The number of aromatic nitrogens is 1. The maximum absolute atomic E-state index is 13.3. The number of benzene rings is 1. The third kappa shape index (κ3) is 4.18. The van der Waals surface area contributed by atoms with Gasteiger partial charge in [-0.05, 0) is 68.0 Å². The predicted octanol–water partition coefficient (Wildman–Crippen LogP) is 4.75. The van der Waals surface area contributed by atoms with Crippen molar-refractivity contribution in [3.8, 4) is 11.3 Å². The van der Waals surface area contributed by atoms with E-state index < -0.39 is 0 Å². The van der Waals surface area contributed by atoms with Gasteiger partial charge in [0, 0.05) is 23.0 Å². The minimum atomic E-state index is -0.316. The lowest BCUT2D eigenvalue weighted by Gasteiger charge is -2.34. The molecule has 4 nitrogen and oxygen atoms in total. The van der Waals surface area contributed by atoms with Crippen LogP contribution in [0.2, 0.25) is 0 Å². The molecule has 2 aromatic rings. The SMILES string of the molecule is CC(=O)c1cc(-c2ccc(F)cc2)n(CC(=O)N[C@@H]2CCC[C@@H](C)[C@H]2C)c1C. The Hall–Kier alpha value is -2.43. The molecule has 0 unspecified atom stereocenters. The van der Waals surface area contributed by atoms with E-state index in [1.807, 2.05) is 11.5 Å².